The summed E-state index contributed by atoms with van der Waals surface area (Å²) in [5.74, 6) is 0. The molecule has 2 aromatic rings. The summed E-state index contributed by atoms with van der Waals surface area (Å²) >= 11 is 0. The van der Waals surface area contributed by atoms with Crippen LogP contribution in [0.25, 0.3) is 0 Å². The van der Waals surface area contributed by atoms with Crippen molar-refractivity contribution in [2.45, 2.75) is 37.6 Å². The van der Waals surface area contributed by atoms with Crippen LogP contribution in [-0.2, 0) is 32.2 Å². The first-order valence-electron chi connectivity index (χ1n) is 9.30. The molecule has 0 saturated heterocycles. The van der Waals surface area contributed by atoms with Gasteiger partial charge in [-0.05, 0) is 11.1 Å². The van der Waals surface area contributed by atoms with E-state index in [-0.39, 0.29) is 13.2 Å². The molecule has 154 valence electrons. The highest BCUT2D eigenvalue weighted by Crippen LogP contribution is 2.15. The van der Waals surface area contributed by atoms with Gasteiger partial charge in [0, 0.05) is 14.2 Å². The molecular formula is C22H30O6. The first kappa shape index (κ1) is 22.5. The number of benzene rings is 2. The Hall–Kier alpha value is -1.80. The zero-order valence-corrected chi connectivity index (χ0v) is 16.4. The molecule has 4 atom stereocenters. The molecule has 0 fully saturated rings. The van der Waals surface area contributed by atoms with Crippen LogP contribution in [0, 0.1) is 0 Å². The minimum Gasteiger partial charge on any atom is -0.388 e. The summed E-state index contributed by atoms with van der Waals surface area (Å²) < 4.78 is 22.0. The maximum Gasteiger partial charge on any atom is 0.111 e. The summed E-state index contributed by atoms with van der Waals surface area (Å²) in [4.78, 5) is 0. The topological polar surface area (TPSA) is 77.4 Å². The van der Waals surface area contributed by atoms with E-state index < -0.39 is 24.4 Å². The molecule has 2 aromatic carbocycles. The van der Waals surface area contributed by atoms with Gasteiger partial charge in [-0.15, -0.1) is 0 Å². The van der Waals surface area contributed by atoms with Crippen LogP contribution in [0.1, 0.15) is 11.1 Å². The normalized spacial score (nSPS) is 15.7. The van der Waals surface area contributed by atoms with E-state index in [1.165, 1.54) is 14.2 Å². The first-order chi connectivity index (χ1) is 13.7. The molecule has 0 heterocycles. The lowest BCUT2D eigenvalue weighted by atomic mass is 10.0. The van der Waals surface area contributed by atoms with Gasteiger partial charge in [0.1, 0.15) is 24.4 Å². The second kappa shape index (κ2) is 12.6. The molecule has 0 amide bonds. The average Bonchev–Trinajstić information content (AvgIpc) is 2.74. The molecule has 0 saturated carbocycles. The van der Waals surface area contributed by atoms with Gasteiger partial charge in [-0.3, -0.25) is 0 Å². The molecule has 2 rings (SSSR count). The molecule has 2 N–H and O–H groups in total. The monoisotopic (exact) mass is 390 g/mol. The van der Waals surface area contributed by atoms with Crippen molar-refractivity contribution in [2.75, 3.05) is 27.4 Å². The third-order valence-corrected chi connectivity index (χ3v) is 4.39. The highest BCUT2D eigenvalue weighted by atomic mass is 16.6. The first-order valence-corrected chi connectivity index (χ1v) is 9.30. The van der Waals surface area contributed by atoms with Crippen molar-refractivity contribution >= 4 is 0 Å². The Morgan fingerprint density at radius 2 is 1.00 bits per heavy atom. The van der Waals surface area contributed by atoms with Gasteiger partial charge in [0.25, 0.3) is 0 Å². The Labute approximate surface area is 166 Å². The highest BCUT2D eigenvalue weighted by molar-refractivity contribution is 5.14. The smallest absolute Gasteiger partial charge is 0.111 e. The molecule has 0 aliphatic rings. The van der Waals surface area contributed by atoms with E-state index in [0.717, 1.165) is 11.1 Å². The molecule has 28 heavy (non-hydrogen) atoms. The molecule has 0 aromatic heterocycles. The van der Waals surface area contributed by atoms with E-state index in [1.54, 1.807) is 0 Å². The van der Waals surface area contributed by atoms with Crippen molar-refractivity contribution in [1.82, 2.24) is 0 Å². The number of hydrogen-bond acceptors (Lipinski definition) is 6. The standard InChI is InChI=1S/C22H30O6/c1-25-15-19(27-13-17-9-5-3-6-10-17)21(23)22(24)20(16-26-2)28-14-18-11-7-4-8-12-18/h3-12,19-24H,13-16H2,1-2H3/t19-,20-,21-,22-/m1/s1. The van der Waals surface area contributed by atoms with E-state index in [0.29, 0.717) is 13.2 Å². The van der Waals surface area contributed by atoms with Crippen LogP contribution in [0.15, 0.2) is 60.7 Å². The maximum atomic E-state index is 10.7. The fourth-order valence-electron chi connectivity index (χ4n) is 2.81. The maximum absolute atomic E-state index is 10.7. The number of aliphatic hydroxyl groups excluding tert-OH is 2. The van der Waals surface area contributed by atoms with Gasteiger partial charge in [-0.2, -0.15) is 0 Å². The van der Waals surface area contributed by atoms with Gasteiger partial charge >= 0.3 is 0 Å². The minimum absolute atomic E-state index is 0.142. The highest BCUT2D eigenvalue weighted by Gasteiger charge is 2.33. The Morgan fingerprint density at radius 1 is 0.643 bits per heavy atom. The van der Waals surface area contributed by atoms with Gasteiger partial charge in [0.2, 0.25) is 0 Å². The quantitative estimate of drug-likeness (QED) is 0.546. The molecule has 0 aliphatic carbocycles. The predicted octanol–water partition coefficient (Wildman–Crippen LogP) is 2.17. The SMILES string of the molecule is COC[C@@H](OCc1ccccc1)[C@@H](O)[C@H](O)[C@@H](COC)OCc1ccccc1. The van der Waals surface area contributed by atoms with Crippen molar-refractivity contribution < 1.29 is 29.2 Å². The molecule has 0 aliphatic heterocycles. The van der Waals surface area contributed by atoms with E-state index in [1.807, 2.05) is 60.7 Å². The second-order valence-electron chi connectivity index (χ2n) is 6.56. The summed E-state index contributed by atoms with van der Waals surface area (Å²) in [7, 11) is 3.05. The van der Waals surface area contributed by atoms with Crippen LogP contribution in [0.4, 0.5) is 0 Å². The van der Waals surface area contributed by atoms with Gasteiger partial charge in [0.15, 0.2) is 0 Å². The Kier molecular flexibility index (Phi) is 10.1. The van der Waals surface area contributed by atoms with Crippen molar-refractivity contribution in [3.05, 3.63) is 71.8 Å². The van der Waals surface area contributed by atoms with Crippen LogP contribution in [0.2, 0.25) is 0 Å². The van der Waals surface area contributed by atoms with Gasteiger partial charge in [-0.25, -0.2) is 0 Å². The molecular weight excluding hydrogens is 360 g/mol. The van der Waals surface area contributed by atoms with Crippen molar-refractivity contribution in [2.24, 2.45) is 0 Å². The minimum atomic E-state index is -1.19. The molecule has 0 spiro atoms. The van der Waals surface area contributed by atoms with Crippen molar-refractivity contribution in [3.63, 3.8) is 0 Å². The number of methoxy groups -OCH3 is 2. The molecule has 0 radical (unpaired) electrons. The molecule has 0 bridgehead atoms. The van der Waals surface area contributed by atoms with Gasteiger partial charge in [0.05, 0.1) is 26.4 Å². The summed E-state index contributed by atoms with van der Waals surface area (Å²) in [5.41, 5.74) is 1.94. The Bertz CT molecular complexity index is 578. The Morgan fingerprint density at radius 3 is 1.32 bits per heavy atom. The summed E-state index contributed by atoms with van der Waals surface area (Å²) in [6.07, 6.45) is -3.81. The number of aliphatic hydroxyl groups is 2. The average molecular weight is 390 g/mol. The van der Waals surface area contributed by atoms with Crippen LogP contribution in [0.3, 0.4) is 0 Å². The zero-order valence-electron chi connectivity index (χ0n) is 16.4. The van der Waals surface area contributed by atoms with Crippen LogP contribution in [0.5, 0.6) is 0 Å². The largest absolute Gasteiger partial charge is 0.388 e. The molecule has 0 unspecified atom stereocenters. The van der Waals surface area contributed by atoms with E-state index in [4.69, 9.17) is 18.9 Å². The number of ether oxygens (including phenoxy) is 4. The van der Waals surface area contributed by atoms with Crippen LogP contribution >= 0.6 is 0 Å². The third-order valence-electron chi connectivity index (χ3n) is 4.39. The lowest BCUT2D eigenvalue weighted by Crippen LogP contribution is -2.49. The number of hydrogen-bond donors (Lipinski definition) is 2. The second-order valence-corrected chi connectivity index (χ2v) is 6.56. The number of rotatable bonds is 13. The lowest BCUT2D eigenvalue weighted by Gasteiger charge is -2.31. The van der Waals surface area contributed by atoms with E-state index in [9.17, 15) is 10.2 Å². The van der Waals surface area contributed by atoms with Crippen molar-refractivity contribution in [1.29, 1.82) is 0 Å². The lowest BCUT2D eigenvalue weighted by molar-refractivity contribution is -0.164. The van der Waals surface area contributed by atoms with Crippen molar-refractivity contribution in [3.8, 4) is 0 Å². The summed E-state index contributed by atoms with van der Waals surface area (Å²) in [5, 5.41) is 21.4. The fourth-order valence-corrected chi connectivity index (χ4v) is 2.81. The van der Waals surface area contributed by atoms with Crippen LogP contribution < -0.4 is 0 Å². The van der Waals surface area contributed by atoms with Crippen LogP contribution in [-0.4, -0.2) is 62.1 Å². The van der Waals surface area contributed by atoms with E-state index in [2.05, 4.69) is 0 Å². The summed E-state index contributed by atoms with van der Waals surface area (Å²) in [6, 6.07) is 19.3. The third kappa shape index (κ3) is 7.31. The summed E-state index contributed by atoms with van der Waals surface area (Å²) in [6.45, 7) is 0.893. The predicted molar refractivity (Wildman–Crippen MR) is 106 cm³/mol. The van der Waals surface area contributed by atoms with Gasteiger partial charge < -0.3 is 29.2 Å². The van der Waals surface area contributed by atoms with Gasteiger partial charge in [-0.1, -0.05) is 60.7 Å². The Balaban J connectivity index is 1.97. The van der Waals surface area contributed by atoms with E-state index >= 15 is 0 Å². The molecule has 6 heteroatoms. The zero-order chi connectivity index (χ0) is 20.2. The fraction of sp³-hybridized carbons (Fsp3) is 0.455. The molecule has 6 nitrogen and oxygen atoms in total.